The van der Waals surface area contributed by atoms with Crippen LogP contribution in [0.3, 0.4) is 0 Å². The molecule has 40 heavy (non-hydrogen) atoms. The Hall–Kier alpha value is -1.63. The van der Waals surface area contributed by atoms with Crippen molar-refractivity contribution < 1.29 is 4.57 Å². The molecular weight excluding hydrogens is 482 g/mol. The molecule has 0 aliphatic carbocycles. The number of rotatable bonds is 27. The van der Waals surface area contributed by atoms with Crippen LogP contribution in [0.25, 0.3) is 5.69 Å². The maximum absolute atomic E-state index is 2.43. The van der Waals surface area contributed by atoms with Crippen LogP contribution >= 0.6 is 0 Å². The zero-order chi connectivity index (χ0) is 28.4. The maximum Gasteiger partial charge on any atom is 0.210 e. The molecule has 0 aliphatic rings. The number of hydrogen-bond acceptors (Lipinski definition) is 0. The first-order valence-electron chi connectivity index (χ1n) is 17.9. The topological polar surface area (TPSA) is 3.88 Å². The fourth-order valence-corrected chi connectivity index (χ4v) is 6.11. The molecule has 0 amide bonds. The summed E-state index contributed by atoms with van der Waals surface area (Å²) in [5.74, 6) is 0. The molecule has 1 nitrogen and oxygen atoms in total. The minimum Gasteiger partial charge on any atom is -0.167 e. The zero-order valence-electron chi connectivity index (χ0n) is 27.0. The van der Waals surface area contributed by atoms with Crippen LogP contribution in [-0.2, 0) is 12.8 Å². The Labute approximate surface area is 250 Å². The largest absolute Gasteiger partial charge is 0.210 e. The quantitative estimate of drug-likeness (QED) is 0.0772. The minimum atomic E-state index is 1.23. The average Bonchev–Trinajstić information content (AvgIpc) is 2.99. The number of aryl methyl sites for hydroxylation is 2. The standard InChI is InChI=1S/C39H66N/c1-3-5-7-9-11-13-15-17-19-21-23-26-30-37-34-35-40(39-32-28-25-29-33-39)36-38(37)31-27-24-22-20-18-16-14-12-10-8-6-4-2/h25,28-29,32-36H,3-24,26-27,30-31H2,1-2H3/q+1. The Balaban J connectivity index is 1.66. The van der Waals surface area contributed by atoms with E-state index in [1.165, 1.54) is 173 Å². The number of benzene rings is 1. The Kier molecular flexibility index (Phi) is 21.7. The monoisotopic (exact) mass is 549 g/mol. The lowest BCUT2D eigenvalue weighted by molar-refractivity contribution is -0.596. The zero-order valence-corrected chi connectivity index (χ0v) is 27.0. The molecule has 0 aliphatic heterocycles. The van der Waals surface area contributed by atoms with E-state index in [9.17, 15) is 0 Å². The molecule has 0 bridgehead atoms. The number of para-hydroxylation sites is 1. The van der Waals surface area contributed by atoms with Gasteiger partial charge < -0.3 is 0 Å². The third kappa shape index (κ3) is 17.2. The van der Waals surface area contributed by atoms with Gasteiger partial charge in [-0.05, 0) is 31.2 Å². The van der Waals surface area contributed by atoms with E-state index in [1.807, 2.05) is 0 Å². The number of aromatic nitrogens is 1. The van der Waals surface area contributed by atoms with Crippen molar-refractivity contribution in [3.05, 3.63) is 59.9 Å². The van der Waals surface area contributed by atoms with Crippen LogP contribution in [0.1, 0.15) is 179 Å². The van der Waals surface area contributed by atoms with Crippen molar-refractivity contribution in [2.75, 3.05) is 0 Å². The molecule has 2 rings (SSSR count). The van der Waals surface area contributed by atoms with Gasteiger partial charge in [0.15, 0.2) is 12.4 Å². The predicted octanol–water partition coefficient (Wildman–Crippen LogP) is 12.5. The first-order valence-corrected chi connectivity index (χ1v) is 17.9. The SMILES string of the molecule is CCCCCCCCCCCCCCc1cc[n+](-c2ccccc2)cc1CCCCCCCCCCCCCC. The van der Waals surface area contributed by atoms with Crippen LogP contribution in [0.4, 0.5) is 0 Å². The predicted molar refractivity (Wildman–Crippen MR) is 178 cm³/mol. The van der Waals surface area contributed by atoms with Crippen molar-refractivity contribution >= 4 is 0 Å². The van der Waals surface area contributed by atoms with Crippen molar-refractivity contribution in [3.8, 4) is 5.69 Å². The highest BCUT2D eigenvalue weighted by Gasteiger charge is 2.11. The van der Waals surface area contributed by atoms with Gasteiger partial charge in [-0.15, -0.1) is 0 Å². The molecule has 0 atom stereocenters. The minimum absolute atomic E-state index is 1.23. The van der Waals surface area contributed by atoms with Crippen LogP contribution in [0.5, 0.6) is 0 Å². The molecule has 0 unspecified atom stereocenters. The Bertz CT molecular complexity index is 811. The fraction of sp³-hybridized carbons (Fsp3) is 0.718. The lowest BCUT2D eigenvalue weighted by Gasteiger charge is -2.09. The van der Waals surface area contributed by atoms with Crippen LogP contribution < -0.4 is 4.57 Å². The van der Waals surface area contributed by atoms with E-state index in [1.54, 1.807) is 11.1 Å². The smallest absolute Gasteiger partial charge is 0.167 e. The van der Waals surface area contributed by atoms with Gasteiger partial charge in [0.25, 0.3) is 0 Å². The Morgan fingerprint density at radius 1 is 0.400 bits per heavy atom. The molecule has 1 heteroatoms. The van der Waals surface area contributed by atoms with Gasteiger partial charge in [0.1, 0.15) is 0 Å². The summed E-state index contributed by atoms with van der Waals surface area (Å²) in [7, 11) is 0. The number of unbranched alkanes of at least 4 members (excludes halogenated alkanes) is 22. The average molecular weight is 549 g/mol. The van der Waals surface area contributed by atoms with Gasteiger partial charge in [-0.1, -0.05) is 173 Å². The van der Waals surface area contributed by atoms with E-state index >= 15 is 0 Å². The van der Waals surface area contributed by atoms with Gasteiger partial charge in [0.05, 0.1) is 0 Å². The van der Waals surface area contributed by atoms with Gasteiger partial charge >= 0.3 is 0 Å². The van der Waals surface area contributed by atoms with Gasteiger partial charge in [-0.3, -0.25) is 0 Å². The highest BCUT2D eigenvalue weighted by Crippen LogP contribution is 2.18. The van der Waals surface area contributed by atoms with Crippen LogP contribution in [-0.4, -0.2) is 0 Å². The van der Waals surface area contributed by atoms with E-state index < -0.39 is 0 Å². The van der Waals surface area contributed by atoms with Crippen LogP contribution in [0.15, 0.2) is 48.8 Å². The summed E-state index contributed by atoms with van der Waals surface area (Å²) in [6.45, 7) is 4.61. The van der Waals surface area contributed by atoms with E-state index in [2.05, 4.69) is 67.2 Å². The summed E-state index contributed by atoms with van der Waals surface area (Å²) < 4.78 is 2.33. The van der Waals surface area contributed by atoms with Crippen molar-refractivity contribution in [1.29, 1.82) is 0 Å². The Morgan fingerprint density at radius 2 is 0.775 bits per heavy atom. The molecule has 0 spiro atoms. The van der Waals surface area contributed by atoms with Crippen molar-refractivity contribution in [2.45, 2.75) is 181 Å². The molecule has 1 heterocycles. The van der Waals surface area contributed by atoms with E-state index in [-0.39, 0.29) is 0 Å². The number of nitrogens with zero attached hydrogens (tertiary/aromatic N) is 1. The molecule has 226 valence electrons. The van der Waals surface area contributed by atoms with Gasteiger partial charge in [0, 0.05) is 23.8 Å². The molecule has 2 aromatic rings. The summed E-state index contributed by atoms with van der Waals surface area (Å²) in [6, 6.07) is 13.3. The molecule has 1 aromatic carbocycles. The summed E-state index contributed by atoms with van der Waals surface area (Å²) in [6.07, 6.45) is 41.3. The van der Waals surface area contributed by atoms with Crippen molar-refractivity contribution in [2.24, 2.45) is 0 Å². The normalized spacial score (nSPS) is 11.3. The second kappa shape index (κ2) is 25.1. The van der Waals surface area contributed by atoms with E-state index in [4.69, 9.17) is 0 Å². The summed E-state index contributed by atoms with van der Waals surface area (Å²) in [5, 5.41) is 0. The van der Waals surface area contributed by atoms with E-state index in [0.717, 1.165) is 0 Å². The molecular formula is C39H66N+. The highest BCUT2D eigenvalue weighted by molar-refractivity contribution is 5.25. The first-order chi connectivity index (χ1) is 19.8. The van der Waals surface area contributed by atoms with Crippen LogP contribution in [0.2, 0.25) is 0 Å². The first kappa shape index (κ1) is 34.6. The van der Waals surface area contributed by atoms with Gasteiger partial charge in [-0.2, -0.15) is 4.57 Å². The second-order valence-electron chi connectivity index (χ2n) is 12.5. The molecule has 0 saturated heterocycles. The molecule has 1 aromatic heterocycles. The summed E-state index contributed by atoms with van der Waals surface area (Å²) >= 11 is 0. The third-order valence-corrected chi connectivity index (χ3v) is 8.80. The van der Waals surface area contributed by atoms with E-state index in [0.29, 0.717) is 0 Å². The Morgan fingerprint density at radius 3 is 1.20 bits per heavy atom. The third-order valence-electron chi connectivity index (χ3n) is 8.80. The molecule has 0 radical (unpaired) electrons. The molecule has 0 fully saturated rings. The fourth-order valence-electron chi connectivity index (χ4n) is 6.11. The molecule has 0 N–H and O–H groups in total. The van der Waals surface area contributed by atoms with Gasteiger partial charge in [-0.25, -0.2) is 0 Å². The van der Waals surface area contributed by atoms with Crippen molar-refractivity contribution in [1.82, 2.24) is 0 Å². The van der Waals surface area contributed by atoms with Crippen molar-refractivity contribution in [3.63, 3.8) is 0 Å². The van der Waals surface area contributed by atoms with Crippen LogP contribution in [0, 0.1) is 0 Å². The highest BCUT2D eigenvalue weighted by atomic mass is 14.9. The second-order valence-corrected chi connectivity index (χ2v) is 12.5. The lowest BCUT2D eigenvalue weighted by atomic mass is 9.97. The summed E-state index contributed by atoms with van der Waals surface area (Å²) in [5.41, 5.74) is 4.46. The number of hydrogen-bond donors (Lipinski definition) is 0. The number of pyridine rings is 1. The lowest BCUT2D eigenvalue weighted by Crippen LogP contribution is -2.30. The molecule has 0 saturated carbocycles. The maximum atomic E-state index is 2.43. The van der Waals surface area contributed by atoms with Gasteiger partial charge in [0.2, 0.25) is 5.69 Å². The summed E-state index contributed by atoms with van der Waals surface area (Å²) in [4.78, 5) is 0.